The Morgan fingerprint density at radius 1 is 1.22 bits per heavy atom. The van der Waals surface area contributed by atoms with Gasteiger partial charge in [-0.3, -0.25) is 14.7 Å². The monoisotopic (exact) mass is 368 g/mol. The Labute approximate surface area is 157 Å². The molecule has 0 radical (unpaired) electrons. The normalized spacial score (nSPS) is 21.4. The number of aromatic amines is 2. The number of hydrogen-bond acceptors (Lipinski definition) is 4. The van der Waals surface area contributed by atoms with Crippen LogP contribution in [-0.4, -0.2) is 61.4 Å². The fourth-order valence-electron chi connectivity index (χ4n) is 4.63. The van der Waals surface area contributed by atoms with E-state index < -0.39 is 0 Å². The minimum atomic E-state index is -0.383. The van der Waals surface area contributed by atoms with E-state index in [0.717, 1.165) is 55.7 Å². The van der Waals surface area contributed by atoms with E-state index in [1.54, 1.807) is 12.4 Å². The molecule has 1 spiro atoms. The predicted molar refractivity (Wildman–Crippen MR) is 96.9 cm³/mol. The molecule has 0 atom stereocenters. The van der Waals surface area contributed by atoms with E-state index in [0.29, 0.717) is 18.8 Å². The van der Waals surface area contributed by atoms with Crippen LogP contribution in [0.4, 0.5) is 0 Å². The molecular formula is C19H24N6O2. The molecule has 4 heterocycles. The van der Waals surface area contributed by atoms with Gasteiger partial charge in [0.25, 0.3) is 5.91 Å². The summed E-state index contributed by atoms with van der Waals surface area (Å²) >= 11 is 0. The topological polar surface area (TPSA) is 98.0 Å². The molecule has 8 heteroatoms. The Balaban J connectivity index is 1.41. The number of piperidine rings is 1. The smallest absolute Gasteiger partial charge is 0.274 e. The van der Waals surface area contributed by atoms with Gasteiger partial charge in [-0.1, -0.05) is 0 Å². The number of imidazole rings is 1. The lowest BCUT2D eigenvalue weighted by atomic mass is 9.78. The number of carbonyl (C=O) groups is 2. The van der Waals surface area contributed by atoms with Gasteiger partial charge in [0.15, 0.2) is 0 Å². The van der Waals surface area contributed by atoms with Gasteiger partial charge in [0, 0.05) is 43.4 Å². The number of aromatic nitrogens is 4. The molecule has 1 saturated carbocycles. The van der Waals surface area contributed by atoms with Gasteiger partial charge in [0.2, 0.25) is 5.91 Å². The Bertz CT molecular complexity index is 888. The standard InChI is InChI=1S/C19H24N6O2/c1-12-10-15(23-22-12)18(27)24-8-5-19(6-9-24)16-14(20-11-21-16)4-7-25(19)17(26)13-2-3-13/h10-11,13H,2-9H2,1H3,(H,20,21)(H,22,23). The summed E-state index contributed by atoms with van der Waals surface area (Å²) in [4.78, 5) is 37.5. The van der Waals surface area contributed by atoms with E-state index in [1.807, 2.05) is 11.8 Å². The number of aryl methyl sites for hydroxylation is 1. The van der Waals surface area contributed by atoms with Gasteiger partial charge < -0.3 is 14.8 Å². The number of hydrogen-bond donors (Lipinski definition) is 2. The number of carbonyl (C=O) groups excluding carboxylic acids is 2. The molecule has 2 aliphatic heterocycles. The Kier molecular flexibility index (Phi) is 3.63. The lowest BCUT2D eigenvalue weighted by Crippen LogP contribution is -2.59. The zero-order valence-corrected chi connectivity index (χ0v) is 15.5. The number of H-pyrrole nitrogens is 2. The van der Waals surface area contributed by atoms with Crippen molar-refractivity contribution in [2.75, 3.05) is 19.6 Å². The van der Waals surface area contributed by atoms with Crippen LogP contribution in [-0.2, 0) is 16.8 Å². The minimum absolute atomic E-state index is 0.0488. The molecule has 0 bridgehead atoms. The van der Waals surface area contributed by atoms with Crippen molar-refractivity contribution in [3.8, 4) is 0 Å². The van der Waals surface area contributed by atoms with Gasteiger partial charge in [0.05, 0.1) is 17.6 Å². The Hall–Kier alpha value is -2.64. The first kappa shape index (κ1) is 16.5. The predicted octanol–water partition coefficient (Wildman–Crippen LogP) is 1.37. The van der Waals surface area contributed by atoms with Crippen LogP contribution in [0.15, 0.2) is 12.4 Å². The van der Waals surface area contributed by atoms with Crippen LogP contribution in [0, 0.1) is 12.8 Å². The second-order valence-corrected chi connectivity index (χ2v) is 8.00. The van der Waals surface area contributed by atoms with Gasteiger partial charge in [-0.15, -0.1) is 0 Å². The van der Waals surface area contributed by atoms with Crippen molar-refractivity contribution < 1.29 is 9.59 Å². The Morgan fingerprint density at radius 3 is 2.67 bits per heavy atom. The average Bonchev–Trinajstić information content (AvgIpc) is 3.25. The molecule has 142 valence electrons. The average molecular weight is 368 g/mol. The highest BCUT2D eigenvalue weighted by atomic mass is 16.2. The summed E-state index contributed by atoms with van der Waals surface area (Å²) in [6, 6.07) is 1.78. The fourth-order valence-corrected chi connectivity index (χ4v) is 4.63. The summed E-state index contributed by atoms with van der Waals surface area (Å²) in [6.45, 7) is 3.82. The van der Waals surface area contributed by atoms with Crippen molar-refractivity contribution in [1.82, 2.24) is 30.0 Å². The summed E-state index contributed by atoms with van der Waals surface area (Å²) in [7, 11) is 0. The van der Waals surface area contributed by atoms with Gasteiger partial charge in [0.1, 0.15) is 5.69 Å². The molecule has 1 aliphatic carbocycles. The number of nitrogens with zero attached hydrogens (tertiary/aromatic N) is 4. The Morgan fingerprint density at radius 2 is 2.00 bits per heavy atom. The third-order valence-electron chi connectivity index (χ3n) is 6.26. The largest absolute Gasteiger partial charge is 0.348 e. The van der Waals surface area contributed by atoms with Crippen LogP contribution >= 0.6 is 0 Å². The lowest BCUT2D eigenvalue weighted by Gasteiger charge is -2.50. The highest BCUT2D eigenvalue weighted by Crippen LogP contribution is 2.45. The van der Waals surface area contributed by atoms with Crippen molar-refractivity contribution in [1.29, 1.82) is 0 Å². The summed E-state index contributed by atoms with van der Waals surface area (Å²) < 4.78 is 0. The highest BCUT2D eigenvalue weighted by Gasteiger charge is 2.51. The van der Waals surface area contributed by atoms with E-state index in [4.69, 9.17) is 0 Å². The molecule has 5 rings (SSSR count). The minimum Gasteiger partial charge on any atom is -0.348 e. The van der Waals surface area contributed by atoms with E-state index >= 15 is 0 Å². The third-order valence-corrected chi connectivity index (χ3v) is 6.26. The lowest BCUT2D eigenvalue weighted by molar-refractivity contribution is -0.143. The SMILES string of the molecule is Cc1cc(C(=O)N2CCC3(CC2)c2nc[nH]c2CCN3C(=O)C2CC2)n[nH]1. The van der Waals surface area contributed by atoms with Crippen LogP contribution < -0.4 is 0 Å². The molecular weight excluding hydrogens is 344 g/mol. The summed E-state index contributed by atoms with van der Waals surface area (Å²) in [5.74, 6) is 0.410. The van der Waals surface area contributed by atoms with Crippen molar-refractivity contribution in [2.45, 2.75) is 44.6 Å². The zero-order valence-electron chi connectivity index (χ0n) is 15.5. The van der Waals surface area contributed by atoms with Crippen molar-refractivity contribution in [2.24, 2.45) is 5.92 Å². The van der Waals surface area contributed by atoms with Crippen LogP contribution in [0.3, 0.4) is 0 Å². The first-order chi connectivity index (χ1) is 13.1. The maximum Gasteiger partial charge on any atom is 0.274 e. The maximum absolute atomic E-state index is 13.0. The van der Waals surface area contributed by atoms with Crippen molar-refractivity contribution in [3.05, 3.63) is 35.2 Å². The van der Waals surface area contributed by atoms with Crippen molar-refractivity contribution >= 4 is 11.8 Å². The molecule has 3 aliphatic rings. The number of rotatable bonds is 2. The van der Waals surface area contributed by atoms with E-state index in [1.165, 1.54) is 0 Å². The third kappa shape index (κ3) is 2.57. The molecule has 1 saturated heterocycles. The van der Waals surface area contributed by atoms with E-state index in [9.17, 15) is 9.59 Å². The highest BCUT2D eigenvalue weighted by molar-refractivity contribution is 5.92. The molecule has 2 fully saturated rings. The van der Waals surface area contributed by atoms with Crippen LogP contribution in [0.2, 0.25) is 0 Å². The van der Waals surface area contributed by atoms with Gasteiger partial charge in [-0.2, -0.15) is 5.10 Å². The number of amides is 2. The molecule has 2 N–H and O–H groups in total. The molecule has 0 unspecified atom stereocenters. The molecule has 0 aromatic carbocycles. The van der Waals surface area contributed by atoms with Gasteiger partial charge in [-0.05, 0) is 38.7 Å². The van der Waals surface area contributed by atoms with Crippen LogP contribution in [0.25, 0.3) is 0 Å². The zero-order chi connectivity index (χ0) is 18.6. The molecule has 27 heavy (non-hydrogen) atoms. The molecule has 2 aromatic rings. The second kappa shape index (κ2) is 5.94. The summed E-state index contributed by atoms with van der Waals surface area (Å²) in [6.07, 6.45) is 6.01. The molecule has 8 nitrogen and oxygen atoms in total. The van der Waals surface area contributed by atoms with E-state index in [2.05, 4.69) is 25.1 Å². The number of likely N-dealkylation sites (tertiary alicyclic amines) is 1. The molecule has 2 amide bonds. The first-order valence-electron chi connectivity index (χ1n) is 9.74. The second-order valence-electron chi connectivity index (χ2n) is 8.00. The summed E-state index contributed by atoms with van der Waals surface area (Å²) in [5, 5.41) is 6.93. The number of nitrogens with one attached hydrogen (secondary N) is 2. The van der Waals surface area contributed by atoms with Gasteiger partial charge >= 0.3 is 0 Å². The number of fused-ring (bicyclic) bond motifs is 2. The summed E-state index contributed by atoms with van der Waals surface area (Å²) in [5.41, 5.74) is 3.09. The maximum atomic E-state index is 13.0. The van der Waals surface area contributed by atoms with Crippen LogP contribution in [0.5, 0.6) is 0 Å². The van der Waals surface area contributed by atoms with Crippen molar-refractivity contribution in [3.63, 3.8) is 0 Å². The first-order valence-corrected chi connectivity index (χ1v) is 9.74. The van der Waals surface area contributed by atoms with Gasteiger partial charge in [-0.25, -0.2) is 4.98 Å². The van der Waals surface area contributed by atoms with E-state index in [-0.39, 0.29) is 23.3 Å². The fraction of sp³-hybridized carbons (Fsp3) is 0.579. The van der Waals surface area contributed by atoms with Crippen LogP contribution in [0.1, 0.15) is 53.3 Å². The quantitative estimate of drug-likeness (QED) is 0.836. The molecule has 2 aromatic heterocycles.